The molecule has 2 N–H and O–H groups in total. The van der Waals surface area contributed by atoms with Crippen molar-refractivity contribution in [2.24, 2.45) is 0 Å². The number of carboxylic acid groups (broad SMARTS) is 1. The Morgan fingerprint density at radius 3 is 2.10 bits per heavy atom. The fraction of sp³-hybridized carbons (Fsp3) is 0.0952. The van der Waals surface area contributed by atoms with Crippen LogP contribution in [-0.2, 0) is 9.84 Å². The molecule has 0 saturated heterocycles. The summed E-state index contributed by atoms with van der Waals surface area (Å²) in [4.78, 5) is 11.0. The maximum atomic E-state index is 12.5. The van der Waals surface area contributed by atoms with Gasteiger partial charge in [-0.25, -0.2) is 13.2 Å². The van der Waals surface area contributed by atoms with Crippen molar-refractivity contribution in [3.63, 3.8) is 0 Å². The molecule has 0 atom stereocenters. The SMILES string of the molecule is O=C(O)c1ccc(OCCS(=O)(=O)c2ccc(Oc3ccccc3)cc2)cc1O. The van der Waals surface area contributed by atoms with Gasteiger partial charge in [-0.3, -0.25) is 0 Å². The molecule has 0 fully saturated rings. The lowest BCUT2D eigenvalue weighted by Gasteiger charge is -2.09. The molecule has 150 valence electrons. The molecule has 0 aliphatic carbocycles. The van der Waals surface area contributed by atoms with Gasteiger partial charge in [0, 0.05) is 6.07 Å². The second-order valence-electron chi connectivity index (χ2n) is 6.04. The highest BCUT2D eigenvalue weighted by Crippen LogP contribution is 2.25. The van der Waals surface area contributed by atoms with Crippen LogP contribution in [0.3, 0.4) is 0 Å². The van der Waals surface area contributed by atoms with Gasteiger partial charge in [-0.1, -0.05) is 18.2 Å². The number of phenols is 1. The number of ether oxygens (including phenoxy) is 2. The van der Waals surface area contributed by atoms with Crippen molar-refractivity contribution < 1.29 is 32.9 Å². The van der Waals surface area contributed by atoms with Gasteiger partial charge in [0.05, 0.1) is 10.6 Å². The summed E-state index contributed by atoms with van der Waals surface area (Å²) < 4.78 is 35.9. The van der Waals surface area contributed by atoms with Gasteiger partial charge in [-0.2, -0.15) is 0 Å². The van der Waals surface area contributed by atoms with Crippen LogP contribution < -0.4 is 9.47 Å². The van der Waals surface area contributed by atoms with Crippen molar-refractivity contribution in [3.05, 3.63) is 78.4 Å². The first-order valence-electron chi connectivity index (χ1n) is 8.60. The number of aromatic carboxylic acids is 1. The average molecular weight is 414 g/mol. The second-order valence-corrected chi connectivity index (χ2v) is 8.15. The third-order valence-electron chi connectivity index (χ3n) is 3.98. The zero-order chi connectivity index (χ0) is 20.9. The predicted molar refractivity (Wildman–Crippen MR) is 106 cm³/mol. The van der Waals surface area contributed by atoms with E-state index in [1.54, 1.807) is 24.3 Å². The van der Waals surface area contributed by atoms with E-state index in [4.69, 9.17) is 14.6 Å². The number of hydrogen-bond acceptors (Lipinski definition) is 6. The lowest BCUT2D eigenvalue weighted by molar-refractivity contribution is 0.0693. The highest BCUT2D eigenvalue weighted by Gasteiger charge is 2.16. The Hall–Kier alpha value is -3.52. The molecule has 0 aliphatic rings. The van der Waals surface area contributed by atoms with Gasteiger partial charge in [0.2, 0.25) is 0 Å². The first-order valence-corrected chi connectivity index (χ1v) is 10.3. The predicted octanol–water partition coefficient (Wildman–Crippen LogP) is 3.74. The van der Waals surface area contributed by atoms with E-state index >= 15 is 0 Å². The van der Waals surface area contributed by atoms with E-state index in [-0.39, 0.29) is 28.6 Å². The molecular weight excluding hydrogens is 396 g/mol. The summed E-state index contributed by atoms with van der Waals surface area (Å²) >= 11 is 0. The summed E-state index contributed by atoms with van der Waals surface area (Å²) in [6, 6.07) is 18.9. The van der Waals surface area contributed by atoms with Crippen LogP contribution in [0.15, 0.2) is 77.7 Å². The van der Waals surface area contributed by atoms with Crippen LogP contribution in [0.1, 0.15) is 10.4 Å². The number of carbonyl (C=O) groups is 1. The van der Waals surface area contributed by atoms with Crippen molar-refractivity contribution in [1.29, 1.82) is 0 Å². The minimum Gasteiger partial charge on any atom is -0.507 e. The quantitative estimate of drug-likeness (QED) is 0.578. The topological polar surface area (TPSA) is 110 Å². The maximum Gasteiger partial charge on any atom is 0.339 e. The first kappa shape index (κ1) is 20.2. The summed E-state index contributed by atoms with van der Waals surface area (Å²) in [5.41, 5.74) is -0.261. The van der Waals surface area contributed by atoms with Gasteiger partial charge >= 0.3 is 5.97 Å². The van der Waals surface area contributed by atoms with E-state index in [1.807, 2.05) is 18.2 Å². The minimum atomic E-state index is -3.59. The summed E-state index contributed by atoms with van der Waals surface area (Å²) in [5.74, 6) is -0.667. The molecule has 29 heavy (non-hydrogen) atoms. The Kier molecular flexibility index (Phi) is 6.04. The number of rotatable bonds is 8. The minimum absolute atomic E-state index is 0.130. The smallest absolute Gasteiger partial charge is 0.339 e. The van der Waals surface area contributed by atoms with E-state index in [9.17, 15) is 18.3 Å². The Morgan fingerprint density at radius 2 is 1.48 bits per heavy atom. The molecule has 0 unspecified atom stereocenters. The molecular formula is C21H18O7S. The Balaban J connectivity index is 1.59. The third-order valence-corrected chi connectivity index (χ3v) is 5.68. The third kappa shape index (κ3) is 5.26. The molecule has 7 nitrogen and oxygen atoms in total. The van der Waals surface area contributed by atoms with Gasteiger partial charge in [-0.15, -0.1) is 0 Å². The van der Waals surface area contributed by atoms with E-state index < -0.39 is 21.6 Å². The Morgan fingerprint density at radius 1 is 0.862 bits per heavy atom. The molecule has 0 amide bonds. The van der Waals surface area contributed by atoms with Gasteiger partial charge in [0.1, 0.15) is 35.2 Å². The number of sulfone groups is 1. The van der Waals surface area contributed by atoms with Gasteiger partial charge < -0.3 is 19.7 Å². The maximum absolute atomic E-state index is 12.5. The van der Waals surface area contributed by atoms with Crippen LogP contribution in [0.2, 0.25) is 0 Å². The standard InChI is InChI=1S/C21H18O7S/c22-20-14-17(8-11-19(20)21(23)24)27-12-13-29(25,26)18-9-6-16(7-10-18)28-15-4-2-1-3-5-15/h1-11,14,22H,12-13H2,(H,23,24). The summed E-state index contributed by atoms with van der Waals surface area (Å²) in [6.07, 6.45) is 0. The van der Waals surface area contributed by atoms with E-state index in [0.717, 1.165) is 6.07 Å². The van der Waals surface area contributed by atoms with E-state index in [2.05, 4.69) is 0 Å². The lowest BCUT2D eigenvalue weighted by atomic mass is 10.2. The van der Waals surface area contributed by atoms with Crippen molar-refractivity contribution >= 4 is 15.8 Å². The molecule has 3 aromatic rings. The second kappa shape index (κ2) is 8.66. The number of aromatic hydroxyl groups is 1. The highest BCUT2D eigenvalue weighted by molar-refractivity contribution is 7.91. The lowest BCUT2D eigenvalue weighted by Crippen LogP contribution is -2.14. The largest absolute Gasteiger partial charge is 0.507 e. The fourth-order valence-corrected chi connectivity index (χ4v) is 3.60. The summed E-state index contributed by atoms with van der Waals surface area (Å²) in [5, 5.41) is 18.5. The normalized spacial score (nSPS) is 11.0. The number of benzene rings is 3. The van der Waals surface area contributed by atoms with Crippen LogP contribution in [0.5, 0.6) is 23.0 Å². The first-order chi connectivity index (χ1) is 13.8. The monoisotopic (exact) mass is 414 g/mol. The zero-order valence-electron chi connectivity index (χ0n) is 15.2. The molecule has 0 radical (unpaired) electrons. The van der Waals surface area contributed by atoms with E-state index in [1.165, 1.54) is 24.3 Å². The van der Waals surface area contributed by atoms with Crippen LogP contribution in [0.25, 0.3) is 0 Å². The van der Waals surface area contributed by atoms with Crippen LogP contribution in [0, 0.1) is 0 Å². The molecule has 3 aromatic carbocycles. The van der Waals surface area contributed by atoms with E-state index in [0.29, 0.717) is 11.5 Å². The molecule has 0 spiro atoms. The summed E-state index contributed by atoms with van der Waals surface area (Å²) in [7, 11) is -3.59. The Labute approximate surface area is 167 Å². The van der Waals surface area contributed by atoms with Crippen molar-refractivity contribution in [2.45, 2.75) is 4.90 Å². The van der Waals surface area contributed by atoms with Gasteiger partial charge in [0.15, 0.2) is 9.84 Å². The molecule has 3 rings (SSSR count). The molecule has 0 heterocycles. The average Bonchev–Trinajstić information content (AvgIpc) is 2.69. The molecule has 0 aliphatic heterocycles. The van der Waals surface area contributed by atoms with Crippen molar-refractivity contribution in [3.8, 4) is 23.0 Å². The fourth-order valence-electron chi connectivity index (χ4n) is 2.51. The number of carboxylic acids is 1. The van der Waals surface area contributed by atoms with Crippen molar-refractivity contribution in [2.75, 3.05) is 12.4 Å². The number of para-hydroxylation sites is 1. The zero-order valence-corrected chi connectivity index (χ0v) is 16.0. The Bertz CT molecular complexity index is 1090. The molecule has 0 aromatic heterocycles. The van der Waals surface area contributed by atoms with Crippen LogP contribution >= 0.6 is 0 Å². The number of hydrogen-bond donors (Lipinski definition) is 2. The molecule has 8 heteroatoms. The summed E-state index contributed by atoms with van der Waals surface area (Å²) in [6.45, 7) is -0.156. The molecule has 0 saturated carbocycles. The molecule has 0 bridgehead atoms. The van der Waals surface area contributed by atoms with Crippen LogP contribution in [-0.4, -0.2) is 37.0 Å². The van der Waals surface area contributed by atoms with Gasteiger partial charge in [0.25, 0.3) is 0 Å². The van der Waals surface area contributed by atoms with Gasteiger partial charge in [-0.05, 0) is 48.5 Å². The highest BCUT2D eigenvalue weighted by atomic mass is 32.2. The van der Waals surface area contributed by atoms with Crippen LogP contribution in [0.4, 0.5) is 0 Å². The van der Waals surface area contributed by atoms with Crippen molar-refractivity contribution in [1.82, 2.24) is 0 Å².